The molecule has 0 saturated heterocycles. The quantitative estimate of drug-likeness (QED) is 0.174. The van der Waals surface area contributed by atoms with Gasteiger partial charge in [0.05, 0.1) is 5.69 Å². The van der Waals surface area contributed by atoms with E-state index < -0.39 is 0 Å². The lowest BCUT2D eigenvalue weighted by molar-refractivity contribution is 0.660. The monoisotopic (exact) mass is 759 g/mol. The first-order valence-corrected chi connectivity index (χ1v) is 20.8. The van der Waals surface area contributed by atoms with Crippen LogP contribution in [0, 0.1) is 0 Å². The highest BCUT2D eigenvalue weighted by Crippen LogP contribution is 2.52. The maximum atomic E-state index is 6.29. The van der Waals surface area contributed by atoms with Crippen molar-refractivity contribution >= 4 is 81.3 Å². The molecule has 9 aromatic carbocycles. The van der Waals surface area contributed by atoms with Crippen molar-refractivity contribution in [1.82, 2.24) is 0 Å². The van der Waals surface area contributed by atoms with E-state index in [-0.39, 0.29) is 5.41 Å². The lowest BCUT2D eigenvalue weighted by Gasteiger charge is -2.30. The Bertz CT molecular complexity index is 3440. The van der Waals surface area contributed by atoms with E-state index in [0.29, 0.717) is 0 Å². The molecular formula is C55H37NOS. The van der Waals surface area contributed by atoms with Crippen LogP contribution >= 0.6 is 11.3 Å². The number of benzene rings is 9. The third kappa shape index (κ3) is 4.90. The number of hydrogen-bond acceptors (Lipinski definition) is 3. The van der Waals surface area contributed by atoms with Crippen LogP contribution in [0.25, 0.3) is 86.3 Å². The molecule has 12 rings (SSSR count). The van der Waals surface area contributed by atoms with Crippen LogP contribution in [0.15, 0.2) is 192 Å². The molecule has 11 aromatic rings. The van der Waals surface area contributed by atoms with E-state index in [1.807, 2.05) is 23.5 Å². The summed E-state index contributed by atoms with van der Waals surface area (Å²) in [5, 5.41) is 7.48. The van der Waals surface area contributed by atoms with Gasteiger partial charge in [0.15, 0.2) is 0 Å². The minimum atomic E-state index is -0.131. The number of furan rings is 1. The summed E-state index contributed by atoms with van der Waals surface area (Å²) >= 11 is 1.88. The van der Waals surface area contributed by atoms with Crippen molar-refractivity contribution in [3.63, 3.8) is 0 Å². The summed E-state index contributed by atoms with van der Waals surface area (Å²) in [6, 6.07) is 69.0. The highest BCUT2D eigenvalue weighted by Gasteiger charge is 2.36. The fourth-order valence-electron chi connectivity index (χ4n) is 9.68. The number of thiophene rings is 1. The average molecular weight is 760 g/mol. The largest absolute Gasteiger partial charge is 0.456 e. The fraction of sp³-hybridized carbons (Fsp3) is 0.0545. The smallest absolute Gasteiger partial charge is 0.136 e. The molecule has 2 heterocycles. The standard InChI is InChI=1S/C55H37NOS/c1-55(2)46-18-7-3-13-39(46)40-30-28-38(33-47(40)55)56(37-26-22-34(23-27-37)36-24-29-43-42-15-5-9-20-49(42)57-50(43)32-36)48-19-8-4-14-41(48)44-17-11-12-35-25-31-52-54(53(35)44)45-16-6-10-21-51(45)58-52/h3-33H,1-2H3. The van der Waals surface area contributed by atoms with E-state index in [2.05, 4.69) is 195 Å². The molecule has 0 atom stereocenters. The second-order valence-corrected chi connectivity index (χ2v) is 17.1. The van der Waals surface area contributed by atoms with Crippen LogP contribution in [0.3, 0.4) is 0 Å². The number of nitrogens with zero attached hydrogens (tertiary/aromatic N) is 1. The molecule has 2 nitrogen and oxygen atoms in total. The van der Waals surface area contributed by atoms with Gasteiger partial charge in [-0.15, -0.1) is 11.3 Å². The third-order valence-electron chi connectivity index (χ3n) is 12.5. The predicted octanol–water partition coefficient (Wildman–Crippen LogP) is 16.2. The zero-order chi connectivity index (χ0) is 38.5. The summed E-state index contributed by atoms with van der Waals surface area (Å²) in [5.74, 6) is 0. The fourth-order valence-corrected chi connectivity index (χ4v) is 10.8. The summed E-state index contributed by atoms with van der Waals surface area (Å²) in [4.78, 5) is 2.46. The molecule has 0 spiro atoms. The van der Waals surface area contributed by atoms with Crippen molar-refractivity contribution in [2.75, 3.05) is 4.90 Å². The van der Waals surface area contributed by atoms with Gasteiger partial charge in [0.2, 0.25) is 0 Å². The van der Waals surface area contributed by atoms with Crippen LogP contribution in [-0.4, -0.2) is 0 Å². The molecule has 0 radical (unpaired) electrons. The summed E-state index contributed by atoms with van der Waals surface area (Å²) in [6.07, 6.45) is 0. The minimum Gasteiger partial charge on any atom is -0.456 e. The first-order valence-electron chi connectivity index (χ1n) is 20.0. The van der Waals surface area contributed by atoms with Crippen molar-refractivity contribution in [3.8, 4) is 33.4 Å². The Morgan fingerprint density at radius 3 is 2.02 bits per heavy atom. The minimum absolute atomic E-state index is 0.131. The van der Waals surface area contributed by atoms with Crippen LogP contribution < -0.4 is 4.90 Å². The van der Waals surface area contributed by atoms with Crippen LogP contribution in [0.4, 0.5) is 17.1 Å². The van der Waals surface area contributed by atoms with Gasteiger partial charge in [-0.25, -0.2) is 0 Å². The van der Waals surface area contributed by atoms with Crippen molar-refractivity contribution in [2.45, 2.75) is 19.3 Å². The van der Waals surface area contributed by atoms with Crippen molar-refractivity contribution in [2.24, 2.45) is 0 Å². The second-order valence-electron chi connectivity index (χ2n) is 16.0. The molecule has 0 aliphatic heterocycles. The van der Waals surface area contributed by atoms with E-state index in [4.69, 9.17) is 4.42 Å². The van der Waals surface area contributed by atoms with Gasteiger partial charge in [-0.05, 0) is 110 Å². The topological polar surface area (TPSA) is 16.4 Å². The van der Waals surface area contributed by atoms with Gasteiger partial charge < -0.3 is 9.32 Å². The summed E-state index contributed by atoms with van der Waals surface area (Å²) in [7, 11) is 0. The van der Waals surface area contributed by atoms with Crippen molar-refractivity contribution in [1.29, 1.82) is 0 Å². The van der Waals surface area contributed by atoms with Crippen molar-refractivity contribution < 1.29 is 4.42 Å². The molecule has 2 aromatic heterocycles. The molecule has 0 unspecified atom stereocenters. The number of anilines is 3. The maximum absolute atomic E-state index is 6.29. The summed E-state index contributed by atoms with van der Waals surface area (Å²) in [6.45, 7) is 4.72. The number of hydrogen-bond donors (Lipinski definition) is 0. The molecular weight excluding hydrogens is 723 g/mol. The van der Waals surface area contributed by atoms with Crippen LogP contribution in [0.1, 0.15) is 25.0 Å². The van der Waals surface area contributed by atoms with Crippen molar-refractivity contribution in [3.05, 3.63) is 199 Å². The van der Waals surface area contributed by atoms with Gasteiger partial charge in [-0.2, -0.15) is 0 Å². The van der Waals surface area contributed by atoms with Crippen LogP contribution in [0.2, 0.25) is 0 Å². The van der Waals surface area contributed by atoms with Gasteiger partial charge in [-0.3, -0.25) is 0 Å². The highest BCUT2D eigenvalue weighted by atomic mass is 32.1. The van der Waals surface area contributed by atoms with E-state index >= 15 is 0 Å². The maximum Gasteiger partial charge on any atom is 0.136 e. The number of fused-ring (bicyclic) bond motifs is 11. The SMILES string of the molecule is CC1(C)c2ccccc2-c2ccc(N(c3ccc(-c4ccc5c(c4)oc4ccccc45)cc3)c3ccccc3-c3cccc4ccc5sc6ccccc6c5c34)cc21. The molecule has 0 saturated carbocycles. The van der Waals surface area contributed by atoms with E-state index in [9.17, 15) is 0 Å². The van der Waals surface area contributed by atoms with Crippen LogP contribution in [0.5, 0.6) is 0 Å². The molecule has 58 heavy (non-hydrogen) atoms. The van der Waals surface area contributed by atoms with Gasteiger partial charge in [0, 0.05) is 53.3 Å². The molecule has 1 aliphatic carbocycles. The van der Waals surface area contributed by atoms with E-state index in [0.717, 1.165) is 50.1 Å². The lowest BCUT2D eigenvalue weighted by Crippen LogP contribution is -2.16. The Balaban J connectivity index is 1.06. The van der Waals surface area contributed by atoms with E-state index in [1.54, 1.807) is 0 Å². The lowest BCUT2D eigenvalue weighted by atomic mass is 9.82. The Kier molecular flexibility index (Phi) is 7.18. The molecule has 1 aliphatic rings. The average Bonchev–Trinajstić information content (AvgIpc) is 3.91. The Morgan fingerprint density at radius 2 is 1.12 bits per heavy atom. The summed E-state index contributed by atoms with van der Waals surface area (Å²) in [5.41, 5.74) is 15.1. The second kappa shape index (κ2) is 12.5. The molecule has 0 bridgehead atoms. The molecule has 0 amide bonds. The Morgan fingerprint density at radius 1 is 0.431 bits per heavy atom. The molecule has 0 fully saturated rings. The molecule has 274 valence electrons. The summed E-state index contributed by atoms with van der Waals surface area (Å²) < 4.78 is 8.92. The molecule has 0 N–H and O–H groups in total. The first-order chi connectivity index (χ1) is 28.5. The highest BCUT2D eigenvalue weighted by molar-refractivity contribution is 7.26. The first kappa shape index (κ1) is 33.2. The number of para-hydroxylation sites is 2. The van der Waals surface area contributed by atoms with Gasteiger partial charge in [0.1, 0.15) is 11.2 Å². The Labute approximate surface area is 340 Å². The van der Waals surface area contributed by atoms with Gasteiger partial charge in [0.25, 0.3) is 0 Å². The van der Waals surface area contributed by atoms with Gasteiger partial charge in [-0.1, -0.05) is 141 Å². The zero-order valence-electron chi connectivity index (χ0n) is 32.2. The normalized spacial score (nSPS) is 13.1. The van der Waals surface area contributed by atoms with Crippen LogP contribution in [-0.2, 0) is 5.41 Å². The predicted molar refractivity (Wildman–Crippen MR) is 247 cm³/mol. The Hall–Kier alpha value is -6.94. The van der Waals surface area contributed by atoms with E-state index in [1.165, 1.54) is 64.3 Å². The number of rotatable bonds is 5. The van der Waals surface area contributed by atoms with Gasteiger partial charge >= 0.3 is 0 Å². The molecule has 3 heteroatoms. The zero-order valence-corrected chi connectivity index (χ0v) is 33.0. The third-order valence-corrected chi connectivity index (χ3v) is 13.6.